The first-order valence-electron chi connectivity index (χ1n) is 5.88. The SMILES string of the molecule is CC1(c2ccc(C(F)(F)F)cc2)CC(N)CCO1. The van der Waals surface area contributed by atoms with E-state index in [4.69, 9.17) is 10.5 Å². The molecular formula is C13H16F3NO. The summed E-state index contributed by atoms with van der Waals surface area (Å²) in [6.07, 6.45) is -2.89. The fourth-order valence-corrected chi connectivity index (χ4v) is 2.31. The topological polar surface area (TPSA) is 35.2 Å². The summed E-state index contributed by atoms with van der Waals surface area (Å²) in [5, 5.41) is 0. The van der Waals surface area contributed by atoms with Gasteiger partial charge in [-0.2, -0.15) is 13.2 Å². The Bertz CT molecular complexity index is 415. The fraction of sp³-hybridized carbons (Fsp3) is 0.538. The van der Waals surface area contributed by atoms with Crippen molar-refractivity contribution < 1.29 is 17.9 Å². The van der Waals surface area contributed by atoms with Crippen LogP contribution in [0.5, 0.6) is 0 Å². The second-order valence-corrected chi connectivity index (χ2v) is 4.91. The molecule has 5 heteroatoms. The minimum atomic E-state index is -4.30. The molecular weight excluding hydrogens is 243 g/mol. The molecule has 0 aromatic heterocycles. The van der Waals surface area contributed by atoms with E-state index in [0.29, 0.717) is 13.0 Å². The number of hydrogen-bond donors (Lipinski definition) is 1. The molecule has 100 valence electrons. The molecule has 2 nitrogen and oxygen atoms in total. The molecule has 1 fully saturated rings. The zero-order chi connectivity index (χ0) is 13.4. The number of alkyl halides is 3. The lowest BCUT2D eigenvalue weighted by Gasteiger charge is -2.37. The lowest BCUT2D eigenvalue weighted by molar-refractivity contribution is -0.137. The molecule has 2 N–H and O–H groups in total. The summed E-state index contributed by atoms with van der Waals surface area (Å²) in [5.74, 6) is 0. The number of nitrogens with two attached hydrogens (primary N) is 1. The molecule has 0 radical (unpaired) electrons. The highest BCUT2D eigenvalue weighted by molar-refractivity contribution is 5.29. The van der Waals surface area contributed by atoms with Gasteiger partial charge in [-0.25, -0.2) is 0 Å². The van der Waals surface area contributed by atoms with E-state index in [1.54, 1.807) is 0 Å². The molecule has 1 aliphatic heterocycles. The molecule has 0 saturated carbocycles. The normalized spacial score (nSPS) is 29.3. The van der Waals surface area contributed by atoms with Crippen LogP contribution in [0.4, 0.5) is 13.2 Å². The highest BCUT2D eigenvalue weighted by Crippen LogP contribution is 2.36. The molecule has 1 aromatic carbocycles. The molecule has 0 aliphatic carbocycles. The number of rotatable bonds is 1. The van der Waals surface area contributed by atoms with Gasteiger partial charge in [0.05, 0.1) is 11.2 Å². The maximum atomic E-state index is 12.5. The smallest absolute Gasteiger partial charge is 0.370 e. The molecule has 0 spiro atoms. The summed E-state index contributed by atoms with van der Waals surface area (Å²) < 4.78 is 43.1. The third kappa shape index (κ3) is 2.67. The summed E-state index contributed by atoms with van der Waals surface area (Å²) >= 11 is 0. The predicted octanol–water partition coefficient (Wildman–Crippen LogP) is 3.06. The molecule has 1 aromatic rings. The summed E-state index contributed by atoms with van der Waals surface area (Å²) in [6, 6.07) is 5.15. The van der Waals surface area contributed by atoms with E-state index in [-0.39, 0.29) is 6.04 Å². The Balaban J connectivity index is 2.23. The van der Waals surface area contributed by atoms with Crippen molar-refractivity contribution in [2.45, 2.75) is 37.6 Å². The van der Waals surface area contributed by atoms with Crippen molar-refractivity contribution in [1.82, 2.24) is 0 Å². The molecule has 1 heterocycles. The Hall–Kier alpha value is -1.07. The average Bonchev–Trinajstić information content (AvgIpc) is 2.28. The molecule has 2 rings (SSSR count). The fourth-order valence-electron chi connectivity index (χ4n) is 2.31. The van der Waals surface area contributed by atoms with Gasteiger partial charge in [0, 0.05) is 12.6 Å². The van der Waals surface area contributed by atoms with Crippen molar-refractivity contribution >= 4 is 0 Å². The van der Waals surface area contributed by atoms with E-state index < -0.39 is 17.3 Å². The Kier molecular flexibility index (Phi) is 3.38. The van der Waals surface area contributed by atoms with Crippen molar-refractivity contribution in [2.24, 2.45) is 5.73 Å². The van der Waals surface area contributed by atoms with Gasteiger partial charge >= 0.3 is 6.18 Å². The van der Waals surface area contributed by atoms with Crippen LogP contribution in [0, 0.1) is 0 Å². The lowest BCUT2D eigenvalue weighted by Crippen LogP contribution is -2.41. The molecule has 18 heavy (non-hydrogen) atoms. The first-order chi connectivity index (χ1) is 8.31. The number of hydrogen-bond acceptors (Lipinski definition) is 2. The van der Waals surface area contributed by atoms with Crippen LogP contribution in [0.2, 0.25) is 0 Å². The van der Waals surface area contributed by atoms with E-state index in [9.17, 15) is 13.2 Å². The maximum absolute atomic E-state index is 12.5. The molecule has 1 saturated heterocycles. The monoisotopic (exact) mass is 259 g/mol. The van der Waals surface area contributed by atoms with Crippen LogP contribution in [0.1, 0.15) is 30.9 Å². The summed E-state index contributed by atoms with van der Waals surface area (Å²) in [5.41, 5.74) is 5.40. The summed E-state index contributed by atoms with van der Waals surface area (Å²) in [6.45, 7) is 2.41. The third-order valence-electron chi connectivity index (χ3n) is 3.38. The number of ether oxygens (including phenoxy) is 1. The van der Waals surface area contributed by atoms with Crippen LogP contribution in [-0.2, 0) is 16.5 Å². The van der Waals surface area contributed by atoms with Gasteiger partial charge in [-0.3, -0.25) is 0 Å². The van der Waals surface area contributed by atoms with Crippen LogP contribution in [-0.4, -0.2) is 12.6 Å². The van der Waals surface area contributed by atoms with E-state index >= 15 is 0 Å². The van der Waals surface area contributed by atoms with Gasteiger partial charge in [0.2, 0.25) is 0 Å². The van der Waals surface area contributed by atoms with Gasteiger partial charge in [-0.05, 0) is 37.5 Å². The zero-order valence-electron chi connectivity index (χ0n) is 10.1. The minimum Gasteiger partial charge on any atom is -0.370 e. The highest BCUT2D eigenvalue weighted by atomic mass is 19.4. The van der Waals surface area contributed by atoms with E-state index in [1.807, 2.05) is 6.92 Å². The highest BCUT2D eigenvalue weighted by Gasteiger charge is 2.35. The molecule has 1 aliphatic rings. The summed E-state index contributed by atoms with van der Waals surface area (Å²) in [7, 11) is 0. The van der Waals surface area contributed by atoms with Crippen LogP contribution in [0.3, 0.4) is 0 Å². The van der Waals surface area contributed by atoms with Gasteiger partial charge in [0.25, 0.3) is 0 Å². The zero-order valence-corrected chi connectivity index (χ0v) is 10.1. The predicted molar refractivity (Wildman–Crippen MR) is 62.0 cm³/mol. The quantitative estimate of drug-likeness (QED) is 0.841. The minimum absolute atomic E-state index is 0.0334. The standard InChI is InChI=1S/C13H16F3NO/c1-12(8-11(17)6-7-18-12)9-2-4-10(5-3-9)13(14,15)16/h2-5,11H,6-8,17H2,1H3. The molecule has 2 atom stereocenters. The Morgan fingerprint density at radius 3 is 2.39 bits per heavy atom. The Morgan fingerprint density at radius 1 is 1.28 bits per heavy atom. The molecule has 2 unspecified atom stereocenters. The van der Waals surface area contributed by atoms with Crippen molar-refractivity contribution in [3.8, 4) is 0 Å². The average molecular weight is 259 g/mol. The first kappa shape index (κ1) is 13.4. The van der Waals surface area contributed by atoms with E-state index in [0.717, 1.165) is 24.1 Å². The number of halogens is 3. The summed E-state index contributed by atoms with van der Waals surface area (Å²) in [4.78, 5) is 0. The Labute approximate surface area is 104 Å². The van der Waals surface area contributed by atoms with Crippen LogP contribution < -0.4 is 5.73 Å². The second-order valence-electron chi connectivity index (χ2n) is 4.91. The lowest BCUT2D eigenvalue weighted by atomic mass is 9.86. The van der Waals surface area contributed by atoms with Gasteiger partial charge in [0.1, 0.15) is 0 Å². The van der Waals surface area contributed by atoms with Crippen LogP contribution in [0.15, 0.2) is 24.3 Å². The van der Waals surface area contributed by atoms with Gasteiger partial charge in [-0.1, -0.05) is 12.1 Å². The molecule has 0 bridgehead atoms. The molecule has 0 amide bonds. The van der Waals surface area contributed by atoms with Crippen molar-refractivity contribution in [1.29, 1.82) is 0 Å². The second kappa shape index (κ2) is 4.55. The van der Waals surface area contributed by atoms with E-state index in [2.05, 4.69) is 0 Å². The first-order valence-corrected chi connectivity index (χ1v) is 5.88. The van der Waals surface area contributed by atoms with Crippen LogP contribution in [0.25, 0.3) is 0 Å². The van der Waals surface area contributed by atoms with Crippen LogP contribution >= 0.6 is 0 Å². The van der Waals surface area contributed by atoms with Crippen molar-refractivity contribution in [3.05, 3.63) is 35.4 Å². The number of benzene rings is 1. The van der Waals surface area contributed by atoms with Gasteiger partial charge in [-0.15, -0.1) is 0 Å². The maximum Gasteiger partial charge on any atom is 0.416 e. The van der Waals surface area contributed by atoms with E-state index in [1.165, 1.54) is 12.1 Å². The van der Waals surface area contributed by atoms with Gasteiger partial charge < -0.3 is 10.5 Å². The third-order valence-corrected chi connectivity index (χ3v) is 3.38. The largest absolute Gasteiger partial charge is 0.416 e. The van der Waals surface area contributed by atoms with Crippen molar-refractivity contribution in [3.63, 3.8) is 0 Å². The van der Waals surface area contributed by atoms with Gasteiger partial charge in [0.15, 0.2) is 0 Å². The van der Waals surface area contributed by atoms with Crippen molar-refractivity contribution in [2.75, 3.05) is 6.61 Å². The Morgan fingerprint density at radius 2 is 1.89 bits per heavy atom.